The third kappa shape index (κ3) is 3.13. The van der Waals surface area contributed by atoms with Crippen LogP contribution in [0.4, 0.5) is 0 Å². The van der Waals surface area contributed by atoms with Crippen LogP contribution in [0, 0.1) is 5.41 Å². The zero-order valence-electron chi connectivity index (χ0n) is 12.0. The Morgan fingerprint density at radius 2 is 2.21 bits per heavy atom. The van der Waals surface area contributed by atoms with E-state index < -0.39 is 0 Å². The highest BCUT2D eigenvalue weighted by molar-refractivity contribution is 6.30. The van der Waals surface area contributed by atoms with Crippen LogP contribution >= 0.6 is 11.6 Å². The summed E-state index contributed by atoms with van der Waals surface area (Å²) < 4.78 is 0. The first kappa shape index (κ1) is 14.8. The summed E-state index contributed by atoms with van der Waals surface area (Å²) in [6.45, 7) is 6.99. The molecule has 0 aromatic heterocycles. The van der Waals surface area contributed by atoms with Crippen LogP contribution in [-0.4, -0.2) is 17.8 Å². The molecule has 2 N–H and O–H groups in total. The molecule has 1 aromatic rings. The first-order valence-electron chi connectivity index (χ1n) is 7.13. The molecule has 0 bridgehead atoms. The fourth-order valence-electron chi connectivity index (χ4n) is 3.12. The van der Waals surface area contributed by atoms with Crippen molar-refractivity contribution in [1.29, 1.82) is 0 Å². The summed E-state index contributed by atoms with van der Waals surface area (Å²) in [5.74, 6) is 0. The summed E-state index contributed by atoms with van der Waals surface area (Å²) in [6, 6.07) is 6.89. The van der Waals surface area contributed by atoms with Gasteiger partial charge in [0.2, 0.25) is 0 Å². The fourth-order valence-corrected chi connectivity index (χ4v) is 3.30. The summed E-state index contributed by atoms with van der Waals surface area (Å²) in [5.41, 5.74) is 2.91. The Hall–Kier alpha value is -0.570. The van der Waals surface area contributed by atoms with Gasteiger partial charge in [-0.25, -0.2) is 0 Å². The first-order valence-corrected chi connectivity index (χ1v) is 7.51. The molecule has 19 heavy (non-hydrogen) atoms. The van der Waals surface area contributed by atoms with Crippen molar-refractivity contribution < 1.29 is 5.11 Å². The summed E-state index contributed by atoms with van der Waals surface area (Å²) in [6.07, 6.45) is 2.91. The molecule has 1 aromatic carbocycles. The Balaban J connectivity index is 2.25. The molecule has 0 fully saturated rings. The molecule has 2 unspecified atom stereocenters. The van der Waals surface area contributed by atoms with Gasteiger partial charge in [-0.3, -0.25) is 0 Å². The van der Waals surface area contributed by atoms with E-state index in [-0.39, 0.29) is 12.0 Å². The van der Waals surface area contributed by atoms with Crippen LogP contribution < -0.4 is 5.32 Å². The van der Waals surface area contributed by atoms with E-state index in [1.54, 1.807) is 0 Å². The van der Waals surface area contributed by atoms with Crippen LogP contribution in [0.1, 0.15) is 50.8 Å². The SMILES string of the molecule is CCC(CCO)NC1c2cc(Cl)ccc2CC1(C)C. The molecular formula is C16H24ClNO. The predicted octanol–water partition coefficient (Wildman–Crippen LogP) is 3.71. The molecule has 106 valence electrons. The minimum absolute atomic E-state index is 0.190. The summed E-state index contributed by atoms with van der Waals surface area (Å²) >= 11 is 6.15. The monoisotopic (exact) mass is 281 g/mol. The Labute approximate surface area is 121 Å². The van der Waals surface area contributed by atoms with Crippen molar-refractivity contribution in [2.75, 3.05) is 6.61 Å². The molecule has 2 rings (SSSR count). The number of fused-ring (bicyclic) bond motifs is 1. The second-order valence-corrected chi connectivity index (χ2v) is 6.66. The Bertz CT molecular complexity index is 444. The Morgan fingerprint density at radius 1 is 1.47 bits per heavy atom. The molecule has 0 spiro atoms. The van der Waals surface area contributed by atoms with E-state index in [2.05, 4.69) is 38.2 Å². The van der Waals surface area contributed by atoms with E-state index in [0.717, 1.165) is 24.3 Å². The van der Waals surface area contributed by atoms with Crippen molar-refractivity contribution in [3.63, 3.8) is 0 Å². The number of aliphatic hydroxyl groups is 1. The Morgan fingerprint density at radius 3 is 2.84 bits per heavy atom. The number of hydrogen-bond acceptors (Lipinski definition) is 2. The van der Waals surface area contributed by atoms with Gasteiger partial charge >= 0.3 is 0 Å². The second-order valence-electron chi connectivity index (χ2n) is 6.23. The van der Waals surface area contributed by atoms with Gasteiger partial charge in [-0.15, -0.1) is 0 Å². The lowest BCUT2D eigenvalue weighted by Crippen LogP contribution is -2.38. The highest BCUT2D eigenvalue weighted by Gasteiger charge is 2.39. The number of hydrogen-bond donors (Lipinski definition) is 2. The highest BCUT2D eigenvalue weighted by atomic mass is 35.5. The molecule has 2 nitrogen and oxygen atoms in total. The van der Waals surface area contributed by atoms with Gasteiger partial charge in [0, 0.05) is 23.7 Å². The topological polar surface area (TPSA) is 32.3 Å². The molecule has 0 radical (unpaired) electrons. The minimum atomic E-state index is 0.190. The molecular weight excluding hydrogens is 258 g/mol. The van der Waals surface area contributed by atoms with Crippen LogP contribution in [-0.2, 0) is 6.42 Å². The number of benzene rings is 1. The van der Waals surface area contributed by atoms with Crippen LogP contribution in [0.15, 0.2) is 18.2 Å². The van der Waals surface area contributed by atoms with Crippen molar-refractivity contribution in [2.45, 2.75) is 52.1 Å². The molecule has 0 saturated heterocycles. The van der Waals surface area contributed by atoms with Crippen LogP contribution in [0.2, 0.25) is 5.02 Å². The minimum Gasteiger partial charge on any atom is -0.396 e. The fraction of sp³-hybridized carbons (Fsp3) is 0.625. The lowest BCUT2D eigenvalue weighted by molar-refractivity contribution is 0.213. The van der Waals surface area contributed by atoms with Crippen molar-refractivity contribution in [1.82, 2.24) is 5.32 Å². The van der Waals surface area contributed by atoms with Crippen LogP contribution in [0.3, 0.4) is 0 Å². The van der Waals surface area contributed by atoms with E-state index in [4.69, 9.17) is 16.7 Å². The zero-order valence-corrected chi connectivity index (χ0v) is 12.8. The van der Waals surface area contributed by atoms with Crippen molar-refractivity contribution >= 4 is 11.6 Å². The molecule has 1 aliphatic carbocycles. The highest BCUT2D eigenvalue weighted by Crippen LogP contribution is 2.46. The third-order valence-electron chi connectivity index (χ3n) is 4.22. The van der Waals surface area contributed by atoms with Gasteiger partial charge in [0.15, 0.2) is 0 Å². The van der Waals surface area contributed by atoms with Gasteiger partial charge in [-0.05, 0) is 47.9 Å². The molecule has 0 aliphatic heterocycles. The average Bonchev–Trinajstić information content (AvgIpc) is 2.60. The maximum atomic E-state index is 9.15. The maximum absolute atomic E-state index is 9.15. The van der Waals surface area contributed by atoms with E-state index in [1.165, 1.54) is 11.1 Å². The maximum Gasteiger partial charge on any atom is 0.0445 e. The standard InChI is InChI=1S/C16H24ClNO/c1-4-13(7-8-19)18-15-14-9-12(17)6-5-11(14)10-16(15,2)3/h5-6,9,13,15,18-19H,4,7-8,10H2,1-3H3. The van der Waals surface area contributed by atoms with Gasteiger partial charge in [0.25, 0.3) is 0 Å². The first-order chi connectivity index (χ1) is 8.97. The van der Waals surface area contributed by atoms with Crippen LogP contribution in [0.25, 0.3) is 0 Å². The molecule has 0 amide bonds. The predicted molar refractivity (Wildman–Crippen MR) is 80.6 cm³/mol. The van der Waals surface area contributed by atoms with Crippen LogP contribution in [0.5, 0.6) is 0 Å². The van der Waals surface area contributed by atoms with Crippen molar-refractivity contribution in [3.05, 3.63) is 34.3 Å². The second kappa shape index (κ2) is 5.82. The normalized spacial score (nSPS) is 22.3. The van der Waals surface area contributed by atoms with Crippen molar-refractivity contribution in [2.24, 2.45) is 5.41 Å². The number of rotatable bonds is 5. The largest absolute Gasteiger partial charge is 0.396 e. The van der Waals surface area contributed by atoms with Gasteiger partial charge in [-0.2, -0.15) is 0 Å². The lowest BCUT2D eigenvalue weighted by Gasteiger charge is -2.32. The summed E-state index contributed by atoms with van der Waals surface area (Å²) in [5, 5.41) is 13.7. The summed E-state index contributed by atoms with van der Waals surface area (Å²) in [4.78, 5) is 0. The third-order valence-corrected chi connectivity index (χ3v) is 4.45. The molecule has 0 saturated carbocycles. The van der Waals surface area contributed by atoms with E-state index in [9.17, 15) is 0 Å². The lowest BCUT2D eigenvalue weighted by atomic mass is 9.84. The van der Waals surface area contributed by atoms with Gasteiger partial charge in [-0.1, -0.05) is 38.4 Å². The van der Waals surface area contributed by atoms with Gasteiger partial charge < -0.3 is 10.4 Å². The van der Waals surface area contributed by atoms with E-state index >= 15 is 0 Å². The van der Waals surface area contributed by atoms with E-state index in [1.807, 2.05) is 6.07 Å². The quantitative estimate of drug-likeness (QED) is 0.862. The number of nitrogens with one attached hydrogen (secondary N) is 1. The molecule has 3 heteroatoms. The van der Waals surface area contributed by atoms with Gasteiger partial charge in [0.1, 0.15) is 0 Å². The van der Waals surface area contributed by atoms with Gasteiger partial charge in [0.05, 0.1) is 0 Å². The molecule has 0 heterocycles. The number of aliphatic hydroxyl groups excluding tert-OH is 1. The Kier molecular flexibility index (Phi) is 4.54. The average molecular weight is 282 g/mol. The molecule has 2 atom stereocenters. The molecule has 1 aliphatic rings. The summed E-state index contributed by atoms with van der Waals surface area (Å²) in [7, 11) is 0. The van der Waals surface area contributed by atoms with Crippen molar-refractivity contribution in [3.8, 4) is 0 Å². The smallest absolute Gasteiger partial charge is 0.0445 e. The number of halogens is 1. The van der Waals surface area contributed by atoms with E-state index in [0.29, 0.717) is 12.1 Å². The zero-order chi connectivity index (χ0) is 14.0.